The Balaban J connectivity index is 1.93. The first kappa shape index (κ1) is 14.3. The van der Waals surface area contributed by atoms with Crippen molar-refractivity contribution in [1.82, 2.24) is 10.6 Å². The van der Waals surface area contributed by atoms with Gasteiger partial charge in [-0.05, 0) is 32.2 Å². The molecule has 2 unspecified atom stereocenters. The second-order valence-corrected chi connectivity index (χ2v) is 5.74. The van der Waals surface area contributed by atoms with Gasteiger partial charge >= 0.3 is 5.97 Å². The average molecular weight is 268 g/mol. The van der Waals surface area contributed by atoms with Crippen LogP contribution in [0.3, 0.4) is 0 Å². The number of hydrogen-bond acceptors (Lipinski definition) is 3. The van der Waals surface area contributed by atoms with E-state index in [0.29, 0.717) is 6.42 Å². The molecule has 5 nitrogen and oxygen atoms in total. The summed E-state index contributed by atoms with van der Waals surface area (Å²) < 4.78 is 0. The van der Waals surface area contributed by atoms with Crippen LogP contribution < -0.4 is 10.6 Å². The van der Waals surface area contributed by atoms with Crippen LogP contribution in [0.1, 0.15) is 44.9 Å². The number of hydrogen-bond donors (Lipinski definition) is 3. The number of carboxylic acid groups (broad SMARTS) is 1. The molecule has 19 heavy (non-hydrogen) atoms. The fraction of sp³-hybridized carbons (Fsp3) is 0.857. The molecule has 1 aliphatic carbocycles. The topological polar surface area (TPSA) is 78.4 Å². The Labute approximate surface area is 114 Å². The van der Waals surface area contributed by atoms with Gasteiger partial charge in [-0.2, -0.15) is 0 Å². The van der Waals surface area contributed by atoms with Gasteiger partial charge in [0.2, 0.25) is 5.91 Å². The minimum Gasteiger partial charge on any atom is -0.481 e. The zero-order chi connectivity index (χ0) is 13.7. The van der Waals surface area contributed by atoms with Crippen molar-refractivity contribution in [2.75, 3.05) is 13.1 Å². The summed E-state index contributed by atoms with van der Waals surface area (Å²) in [5.41, 5.74) is 0. The van der Waals surface area contributed by atoms with Crippen LogP contribution in [0.15, 0.2) is 0 Å². The number of rotatable bonds is 3. The summed E-state index contributed by atoms with van der Waals surface area (Å²) in [5.74, 6) is -1.14. The summed E-state index contributed by atoms with van der Waals surface area (Å²) in [5, 5.41) is 15.5. The van der Waals surface area contributed by atoms with Gasteiger partial charge in [-0.15, -0.1) is 0 Å². The Morgan fingerprint density at radius 1 is 1.05 bits per heavy atom. The average Bonchev–Trinajstić information content (AvgIpc) is 2.65. The van der Waals surface area contributed by atoms with E-state index in [1.807, 2.05) is 0 Å². The highest BCUT2D eigenvalue weighted by Gasteiger charge is 2.32. The number of carbonyl (C=O) groups is 2. The smallest absolute Gasteiger partial charge is 0.308 e. The van der Waals surface area contributed by atoms with Gasteiger partial charge in [0.1, 0.15) is 0 Å². The van der Waals surface area contributed by atoms with Gasteiger partial charge in [0.25, 0.3) is 0 Å². The standard InChI is InChI=1S/C14H24N2O3/c17-13(10-5-4-8-15-9-10)16-12-7-3-1-2-6-11(12)14(18)19/h10-12,15H,1-9H2,(H,16,17)(H,18,19)/t10-,11?,12?/m0/s1. The van der Waals surface area contributed by atoms with Crippen molar-refractivity contribution in [3.8, 4) is 0 Å². The van der Waals surface area contributed by atoms with Crippen LogP contribution in [-0.2, 0) is 9.59 Å². The maximum absolute atomic E-state index is 12.2. The van der Waals surface area contributed by atoms with Crippen LogP contribution in [0.4, 0.5) is 0 Å². The fourth-order valence-corrected chi connectivity index (χ4v) is 3.15. The molecule has 0 aromatic heterocycles. The fourth-order valence-electron chi connectivity index (χ4n) is 3.15. The number of carboxylic acids is 1. The molecule has 108 valence electrons. The van der Waals surface area contributed by atoms with Crippen molar-refractivity contribution in [1.29, 1.82) is 0 Å². The van der Waals surface area contributed by atoms with Crippen molar-refractivity contribution in [3.05, 3.63) is 0 Å². The molecule has 1 aliphatic heterocycles. The Kier molecular flexibility index (Phi) is 5.19. The molecule has 0 aromatic carbocycles. The lowest BCUT2D eigenvalue weighted by atomic mass is 9.93. The Morgan fingerprint density at radius 3 is 2.53 bits per heavy atom. The molecule has 0 aromatic rings. The molecule has 3 atom stereocenters. The third-order valence-corrected chi connectivity index (χ3v) is 4.33. The molecular formula is C14H24N2O3. The number of piperidine rings is 1. The van der Waals surface area contributed by atoms with Gasteiger partial charge in [-0.25, -0.2) is 0 Å². The van der Waals surface area contributed by atoms with Gasteiger partial charge < -0.3 is 15.7 Å². The van der Waals surface area contributed by atoms with E-state index in [1.54, 1.807) is 0 Å². The minimum atomic E-state index is -0.769. The number of aliphatic carboxylic acids is 1. The molecule has 1 saturated carbocycles. The third kappa shape index (κ3) is 3.93. The molecule has 2 fully saturated rings. The molecule has 3 N–H and O–H groups in total. The van der Waals surface area contributed by atoms with E-state index in [-0.39, 0.29) is 17.9 Å². The van der Waals surface area contributed by atoms with Crippen molar-refractivity contribution < 1.29 is 14.7 Å². The number of carbonyl (C=O) groups excluding carboxylic acids is 1. The Bertz CT molecular complexity index is 327. The Hall–Kier alpha value is -1.10. The highest BCUT2D eigenvalue weighted by Crippen LogP contribution is 2.24. The monoisotopic (exact) mass is 268 g/mol. The van der Waals surface area contributed by atoms with Crippen LogP contribution in [0.5, 0.6) is 0 Å². The first-order valence-corrected chi connectivity index (χ1v) is 7.42. The summed E-state index contributed by atoms with van der Waals surface area (Å²) in [6.07, 6.45) is 6.44. The van der Waals surface area contributed by atoms with Crippen LogP contribution in [0, 0.1) is 11.8 Å². The first-order chi connectivity index (χ1) is 9.18. The Morgan fingerprint density at radius 2 is 1.84 bits per heavy atom. The van der Waals surface area contributed by atoms with E-state index in [1.165, 1.54) is 0 Å². The molecule has 0 radical (unpaired) electrons. The van der Waals surface area contributed by atoms with E-state index >= 15 is 0 Å². The highest BCUT2D eigenvalue weighted by molar-refractivity contribution is 5.80. The largest absolute Gasteiger partial charge is 0.481 e. The molecule has 1 heterocycles. The summed E-state index contributed by atoms with van der Waals surface area (Å²) >= 11 is 0. The molecule has 2 rings (SSSR count). The lowest BCUT2D eigenvalue weighted by Crippen LogP contribution is -2.48. The molecule has 5 heteroatoms. The van der Waals surface area contributed by atoms with E-state index in [9.17, 15) is 14.7 Å². The highest BCUT2D eigenvalue weighted by atomic mass is 16.4. The van der Waals surface area contributed by atoms with E-state index < -0.39 is 11.9 Å². The number of amides is 1. The first-order valence-electron chi connectivity index (χ1n) is 7.42. The molecule has 1 amide bonds. The normalized spacial score (nSPS) is 32.3. The molecule has 0 bridgehead atoms. The van der Waals surface area contributed by atoms with Gasteiger partial charge in [0.15, 0.2) is 0 Å². The summed E-state index contributed by atoms with van der Waals surface area (Å²) in [6.45, 7) is 1.70. The molecule has 2 aliphatic rings. The second-order valence-electron chi connectivity index (χ2n) is 5.74. The maximum Gasteiger partial charge on any atom is 0.308 e. The van der Waals surface area contributed by atoms with Crippen LogP contribution in [0.2, 0.25) is 0 Å². The quantitative estimate of drug-likeness (QED) is 0.671. The SMILES string of the molecule is O=C(O)C1CCCCCC1NC(=O)[C@H]1CCCNC1. The van der Waals surface area contributed by atoms with E-state index in [4.69, 9.17) is 0 Å². The van der Waals surface area contributed by atoms with E-state index in [2.05, 4.69) is 10.6 Å². The van der Waals surface area contributed by atoms with Crippen molar-refractivity contribution >= 4 is 11.9 Å². The van der Waals surface area contributed by atoms with Crippen LogP contribution in [-0.4, -0.2) is 36.1 Å². The summed E-state index contributed by atoms with van der Waals surface area (Å²) in [4.78, 5) is 23.5. The lowest BCUT2D eigenvalue weighted by molar-refractivity contribution is -0.143. The van der Waals surface area contributed by atoms with Gasteiger partial charge in [-0.3, -0.25) is 9.59 Å². The predicted molar refractivity (Wildman–Crippen MR) is 71.7 cm³/mol. The van der Waals surface area contributed by atoms with Crippen molar-refractivity contribution in [3.63, 3.8) is 0 Å². The van der Waals surface area contributed by atoms with Gasteiger partial charge in [0.05, 0.1) is 11.8 Å². The second kappa shape index (κ2) is 6.89. The third-order valence-electron chi connectivity index (χ3n) is 4.33. The van der Waals surface area contributed by atoms with Crippen molar-refractivity contribution in [2.24, 2.45) is 11.8 Å². The minimum absolute atomic E-state index is 0.00597. The zero-order valence-electron chi connectivity index (χ0n) is 11.4. The van der Waals surface area contributed by atoms with Crippen LogP contribution in [0.25, 0.3) is 0 Å². The van der Waals surface area contributed by atoms with E-state index in [0.717, 1.165) is 51.6 Å². The predicted octanol–water partition coefficient (Wildman–Crippen LogP) is 1.14. The number of nitrogens with one attached hydrogen (secondary N) is 2. The van der Waals surface area contributed by atoms with Crippen LogP contribution >= 0.6 is 0 Å². The zero-order valence-corrected chi connectivity index (χ0v) is 11.4. The van der Waals surface area contributed by atoms with Gasteiger partial charge in [-0.1, -0.05) is 19.3 Å². The molecular weight excluding hydrogens is 244 g/mol. The molecule has 1 saturated heterocycles. The summed E-state index contributed by atoms with van der Waals surface area (Å²) in [6, 6.07) is -0.186. The maximum atomic E-state index is 12.2. The summed E-state index contributed by atoms with van der Waals surface area (Å²) in [7, 11) is 0. The van der Waals surface area contributed by atoms with Crippen molar-refractivity contribution in [2.45, 2.75) is 51.0 Å². The van der Waals surface area contributed by atoms with Gasteiger partial charge in [0, 0.05) is 12.6 Å². The lowest BCUT2D eigenvalue weighted by Gasteiger charge is -2.27. The molecule has 0 spiro atoms.